The number of carbonyl (C=O) groups is 1. The predicted octanol–water partition coefficient (Wildman–Crippen LogP) is 4.05. The Labute approximate surface area is 133 Å². The van der Waals surface area contributed by atoms with Crippen molar-refractivity contribution in [2.75, 3.05) is 0 Å². The van der Waals surface area contributed by atoms with Gasteiger partial charge in [-0.25, -0.2) is 0 Å². The molecule has 0 saturated heterocycles. The van der Waals surface area contributed by atoms with Gasteiger partial charge in [0.1, 0.15) is 5.02 Å². The molecule has 2 aromatic rings. The lowest BCUT2D eigenvalue weighted by molar-refractivity contribution is -0.384. The van der Waals surface area contributed by atoms with Crippen LogP contribution < -0.4 is 5.32 Å². The van der Waals surface area contributed by atoms with Crippen LogP contribution in [0.5, 0.6) is 0 Å². The second-order valence-corrected chi connectivity index (χ2v) is 5.44. The van der Waals surface area contributed by atoms with Crippen LogP contribution in [0.25, 0.3) is 0 Å². The Morgan fingerprint density at radius 1 is 1.23 bits per heavy atom. The third-order valence-corrected chi connectivity index (χ3v) is 3.65. The fourth-order valence-corrected chi connectivity index (χ4v) is 2.20. The lowest BCUT2D eigenvalue weighted by Crippen LogP contribution is -2.26. The van der Waals surface area contributed by atoms with Crippen LogP contribution in [0.15, 0.2) is 42.5 Å². The molecule has 114 valence electrons. The van der Waals surface area contributed by atoms with Gasteiger partial charge in [-0.15, -0.1) is 0 Å². The zero-order chi connectivity index (χ0) is 16.3. The summed E-state index contributed by atoms with van der Waals surface area (Å²) in [6.45, 7) is 3.84. The topological polar surface area (TPSA) is 72.2 Å². The maximum absolute atomic E-state index is 12.2. The monoisotopic (exact) mass is 318 g/mol. The Morgan fingerprint density at radius 3 is 2.45 bits per heavy atom. The molecule has 0 fully saturated rings. The van der Waals surface area contributed by atoms with Gasteiger partial charge in [-0.1, -0.05) is 41.4 Å². The first-order chi connectivity index (χ1) is 10.4. The minimum atomic E-state index is -0.609. The maximum Gasteiger partial charge on any atom is 0.288 e. The van der Waals surface area contributed by atoms with Crippen molar-refractivity contribution in [1.29, 1.82) is 0 Å². The largest absolute Gasteiger partial charge is 0.346 e. The van der Waals surface area contributed by atoms with Crippen molar-refractivity contribution in [3.63, 3.8) is 0 Å². The number of amides is 1. The molecule has 6 heteroatoms. The number of nitrogens with one attached hydrogen (secondary N) is 1. The second kappa shape index (κ2) is 6.58. The summed E-state index contributed by atoms with van der Waals surface area (Å²) >= 11 is 5.74. The number of hydrogen-bond acceptors (Lipinski definition) is 3. The van der Waals surface area contributed by atoms with E-state index in [0.717, 1.165) is 11.1 Å². The molecule has 0 radical (unpaired) electrons. The molecule has 0 spiro atoms. The van der Waals surface area contributed by atoms with Gasteiger partial charge >= 0.3 is 0 Å². The van der Waals surface area contributed by atoms with Gasteiger partial charge in [-0.05, 0) is 31.5 Å². The number of nitrogens with zero attached hydrogens (tertiary/aromatic N) is 1. The fourth-order valence-electron chi connectivity index (χ4n) is 2.01. The van der Waals surface area contributed by atoms with Crippen LogP contribution in [-0.4, -0.2) is 10.8 Å². The van der Waals surface area contributed by atoms with Crippen molar-refractivity contribution in [2.45, 2.75) is 19.9 Å². The number of carbonyl (C=O) groups excluding carboxylic acids is 1. The van der Waals surface area contributed by atoms with Crippen LogP contribution in [0.2, 0.25) is 5.02 Å². The number of rotatable bonds is 4. The van der Waals surface area contributed by atoms with Gasteiger partial charge in [0.15, 0.2) is 0 Å². The molecule has 2 rings (SSSR count). The Balaban J connectivity index is 2.16. The number of aryl methyl sites for hydroxylation is 1. The zero-order valence-electron chi connectivity index (χ0n) is 12.2. The van der Waals surface area contributed by atoms with Crippen LogP contribution in [0.3, 0.4) is 0 Å². The van der Waals surface area contributed by atoms with Gasteiger partial charge in [0.05, 0.1) is 11.0 Å². The molecule has 1 atom stereocenters. The third-order valence-electron chi connectivity index (χ3n) is 3.33. The van der Waals surface area contributed by atoms with E-state index in [1.54, 1.807) is 0 Å². The molecule has 0 bridgehead atoms. The van der Waals surface area contributed by atoms with E-state index in [9.17, 15) is 14.9 Å². The third kappa shape index (κ3) is 3.62. The molecule has 1 N–H and O–H groups in total. The zero-order valence-corrected chi connectivity index (χ0v) is 12.9. The molecule has 0 aliphatic carbocycles. The molecule has 5 nitrogen and oxygen atoms in total. The summed E-state index contributed by atoms with van der Waals surface area (Å²) < 4.78 is 0. The number of halogens is 1. The Bertz CT molecular complexity index is 714. The Hall–Kier alpha value is -2.40. The van der Waals surface area contributed by atoms with Crippen LogP contribution in [0.4, 0.5) is 5.69 Å². The van der Waals surface area contributed by atoms with E-state index in [2.05, 4.69) is 5.32 Å². The average molecular weight is 319 g/mol. The van der Waals surface area contributed by atoms with Crippen LogP contribution >= 0.6 is 11.6 Å². The van der Waals surface area contributed by atoms with Crippen molar-refractivity contribution >= 4 is 23.2 Å². The summed E-state index contributed by atoms with van der Waals surface area (Å²) in [5, 5.41) is 13.7. The van der Waals surface area contributed by atoms with Crippen molar-refractivity contribution in [3.05, 3.63) is 74.3 Å². The maximum atomic E-state index is 12.2. The number of hydrogen-bond donors (Lipinski definition) is 1. The molecule has 0 heterocycles. The molecule has 22 heavy (non-hydrogen) atoms. The highest BCUT2D eigenvalue weighted by Gasteiger charge is 2.17. The van der Waals surface area contributed by atoms with E-state index in [1.165, 1.54) is 18.2 Å². The minimum Gasteiger partial charge on any atom is -0.346 e. The predicted molar refractivity (Wildman–Crippen MR) is 85.2 cm³/mol. The van der Waals surface area contributed by atoms with E-state index in [0.29, 0.717) is 0 Å². The smallest absolute Gasteiger partial charge is 0.288 e. The van der Waals surface area contributed by atoms with Gasteiger partial charge < -0.3 is 5.32 Å². The van der Waals surface area contributed by atoms with E-state index in [1.807, 2.05) is 38.1 Å². The highest BCUT2D eigenvalue weighted by Crippen LogP contribution is 2.25. The highest BCUT2D eigenvalue weighted by molar-refractivity contribution is 6.32. The summed E-state index contributed by atoms with van der Waals surface area (Å²) in [5.41, 5.74) is 2.02. The Morgan fingerprint density at radius 2 is 1.86 bits per heavy atom. The molecule has 0 aliphatic heterocycles. The van der Waals surface area contributed by atoms with E-state index >= 15 is 0 Å². The lowest BCUT2D eigenvalue weighted by Gasteiger charge is -2.14. The van der Waals surface area contributed by atoms with Crippen LogP contribution in [0.1, 0.15) is 34.5 Å². The Kier molecular flexibility index (Phi) is 4.78. The second-order valence-electron chi connectivity index (χ2n) is 5.03. The quantitative estimate of drug-likeness (QED) is 0.682. The van der Waals surface area contributed by atoms with E-state index < -0.39 is 4.92 Å². The molecule has 1 amide bonds. The van der Waals surface area contributed by atoms with Crippen molar-refractivity contribution in [1.82, 2.24) is 5.32 Å². The first-order valence-electron chi connectivity index (χ1n) is 6.70. The lowest BCUT2D eigenvalue weighted by atomic mass is 10.1. The molecule has 0 saturated carbocycles. The molecule has 0 aliphatic rings. The van der Waals surface area contributed by atoms with E-state index in [-0.39, 0.29) is 28.2 Å². The minimum absolute atomic E-state index is 0.00753. The summed E-state index contributed by atoms with van der Waals surface area (Å²) in [4.78, 5) is 22.5. The molecular formula is C16H15ClN2O3. The number of nitro groups is 1. The average Bonchev–Trinajstić information content (AvgIpc) is 2.47. The number of benzene rings is 2. The van der Waals surface area contributed by atoms with Gasteiger partial charge in [-0.3, -0.25) is 14.9 Å². The number of nitro benzene ring substituents is 1. The van der Waals surface area contributed by atoms with Gasteiger partial charge in [0.2, 0.25) is 0 Å². The molecule has 0 unspecified atom stereocenters. The van der Waals surface area contributed by atoms with Crippen LogP contribution in [0, 0.1) is 17.0 Å². The van der Waals surface area contributed by atoms with Gasteiger partial charge in [-0.2, -0.15) is 0 Å². The first kappa shape index (κ1) is 16.0. The summed E-state index contributed by atoms with van der Waals surface area (Å²) in [7, 11) is 0. The standard InChI is InChI=1S/C16H15ClN2O3/c1-10-3-5-12(6-4-10)11(2)18-16(20)13-7-8-14(17)15(9-13)19(21)22/h3-9,11H,1-2H3,(H,18,20)/t11-/m1/s1. The normalized spacial score (nSPS) is 11.8. The highest BCUT2D eigenvalue weighted by atomic mass is 35.5. The first-order valence-corrected chi connectivity index (χ1v) is 7.07. The van der Waals surface area contributed by atoms with Crippen molar-refractivity contribution in [3.8, 4) is 0 Å². The SMILES string of the molecule is Cc1ccc([C@@H](C)NC(=O)c2ccc(Cl)c([N+](=O)[O-])c2)cc1. The van der Waals surface area contributed by atoms with Crippen molar-refractivity contribution in [2.24, 2.45) is 0 Å². The molecular weight excluding hydrogens is 304 g/mol. The molecule has 0 aromatic heterocycles. The van der Waals surface area contributed by atoms with Gasteiger partial charge in [0.25, 0.3) is 11.6 Å². The fraction of sp³-hybridized carbons (Fsp3) is 0.188. The summed E-state index contributed by atoms with van der Waals surface area (Å²) in [5.74, 6) is -0.382. The molecule has 2 aromatic carbocycles. The van der Waals surface area contributed by atoms with E-state index in [4.69, 9.17) is 11.6 Å². The van der Waals surface area contributed by atoms with Crippen LogP contribution in [-0.2, 0) is 0 Å². The van der Waals surface area contributed by atoms with Gasteiger partial charge in [0, 0.05) is 11.6 Å². The van der Waals surface area contributed by atoms with Crippen molar-refractivity contribution < 1.29 is 9.72 Å². The summed E-state index contributed by atoms with van der Waals surface area (Å²) in [6, 6.07) is 11.6. The summed E-state index contributed by atoms with van der Waals surface area (Å²) in [6.07, 6.45) is 0.